The van der Waals surface area contributed by atoms with E-state index in [2.05, 4.69) is 21.3 Å². The molecule has 0 aliphatic rings. The van der Waals surface area contributed by atoms with Crippen molar-refractivity contribution in [2.75, 3.05) is 5.32 Å². The van der Waals surface area contributed by atoms with E-state index in [0.717, 1.165) is 11.1 Å². The van der Waals surface area contributed by atoms with Crippen LogP contribution in [0.3, 0.4) is 0 Å². The minimum Gasteiger partial charge on any atom is -0.445 e. The van der Waals surface area contributed by atoms with E-state index in [1.165, 1.54) is 0 Å². The van der Waals surface area contributed by atoms with Gasteiger partial charge < -0.3 is 26.0 Å². The van der Waals surface area contributed by atoms with Crippen molar-refractivity contribution < 1.29 is 23.9 Å². The van der Waals surface area contributed by atoms with Crippen LogP contribution in [-0.4, -0.2) is 41.9 Å². The van der Waals surface area contributed by atoms with Crippen LogP contribution in [0.5, 0.6) is 0 Å². The van der Waals surface area contributed by atoms with E-state index in [-0.39, 0.29) is 18.9 Å². The second-order valence-electron chi connectivity index (χ2n) is 10.0. The third-order valence-electron chi connectivity index (χ3n) is 6.76. The Labute approximate surface area is 251 Å². The van der Waals surface area contributed by atoms with Gasteiger partial charge in [-0.25, -0.2) is 4.79 Å². The summed E-state index contributed by atoms with van der Waals surface area (Å²) >= 11 is 5.90. The lowest BCUT2D eigenvalue weighted by Gasteiger charge is -2.27. The quantitative estimate of drug-likeness (QED) is 0.226. The average Bonchev–Trinajstić information content (AvgIpc) is 3.00. The number of hydrogen-bond acceptors (Lipinski definition) is 5. The molecule has 0 bridgehead atoms. The van der Waals surface area contributed by atoms with Crippen LogP contribution in [0.15, 0.2) is 84.9 Å². The molecule has 222 valence electrons. The molecule has 0 heterocycles. The molecule has 4 atom stereocenters. The fourth-order valence-electron chi connectivity index (χ4n) is 4.07. The molecule has 3 aromatic carbocycles. The Morgan fingerprint density at radius 1 is 0.738 bits per heavy atom. The van der Waals surface area contributed by atoms with E-state index >= 15 is 0 Å². The number of carbonyl (C=O) groups excluding carboxylic acids is 4. The van der Waals surface area contributed by atoms with Gasteiger partial charge in [0.15, 0.2) is 0 Å². The minimum atomic E-state index is -1.01. The number of ether oxygens (including phenoxy) is 1. The summed E-state index contributed by atoms with van der Waals surface area (Å²) in [6.45, 7) is 5.33. The Balaban J connectivity index is 1.68. The van der Waals surface area contributed by atoms with Gasteiger partial charge in [0.25, 0.3) is 0 Å². The van der Waals surface area contributed by atoms with Crippen molar-refractivity contribution in [3.63, 3.8) is 0 Å². The molecular weight excluding hydrogens is 556 g/mol. The number of hydrogen-bond donors (Lipinski definition) is 4. The maximum absolute atomic E-state index is 13.5. The van der Waals surface area contributed by atoms with Crippen molar-refractivity contribution >= 4 is 41.1 Å². The van der Waals surface area contributed by atoms with Crippen molar-refractivity contribution in [2.24, 2.45) is 5.92 Å². The molecule has 9 nitrogen and oxygen atoms in total. The lowest BCUT2D eigenvalue weighted by Crippen LogP contribution is -2.58. The number of anilines is 1. The van der Waals surface area contributed by atoms with Gasteiger partial charge in [0.05, 0.1) is 0 Å². The van der Waals surface area contributed by atoms with E-state index in [9.17, 15) is 19.2 Å². The van der Waals surface area contributed by atoms with Crippen LogP contribution in [0.2, 0.25) is 5.02 Å². The fourth-order valence-corrected chi connectivity index (χ4v) is 4.20. The first-order valence-electron chi connectivity index (χ1n) is 13.8. The largest absolute Gasteiger partial charge is 0.445 e. The highest BCUT2D eigenvalue weighted by Crippen LogP contribution is 2.14. The van der Waals surface area contributed by atoms with Crippen molar-refractivity contribution in [1.29, 1.82) is 0 Å². The highest BCUT2D eigenvalue weighted by atomic mass is 35.5. The lowest BCUT2D eigenvalue weighted by molar-refractivity contribution is -0.132. The molecule has 0 fully saturated rings. The zero-order valence-electron chi connectivity index (χ0n) is 23.9. The van der Waals surface area contributed by atoms with Crippen LogP contribution >= 0.6 is 11.6 Å². The number of amides is 4. The minimum absolute atomic E-state index is 0.0419. The molecule has 0 aliphatic heterocycles. The highest BCUT2D eigenvalue weighted by Gasteiger charge is 2.31. The van der Waals surface area contributed by atoms with Crippen LogP contribution in [-0.2, 0) is 32.1 Å². The molecule has 3 rings (SSSR count). The number of nitrogens with one attached hydrogen (secondary N) is 4. The smallest absolute Gasteiger partial charge is 0.408 e. The third kappa shape index (κ3) is 10.2. The topological polar surface area (TPSA) is 126 Å². The Morgan fingerprint density at radius 3 is 1.93 bits per heavy atom. The van der Waals surface area contributed by atoms with Gasteiger partial charge in [-0.05, 0) is 48.2 Å². The van der Waals surface area contributed by atoms with Crippen LogP contribution in [0.1, 0.15) is 38.3 Å². The summed E-state index contributed by atoms with van der Waals surface area (Å²) in [6.07, 6.45) is 0.00791. The van der Waals surface area contributed by atoms with Gasteiger partial charge in [0, 0.05) is 17.1 Å². The van der Waals surface area contributed by atoms with E-state index in [1.807, 2.05) is 74.5 Å². The number of rotatable bonds is 13. The summed E-state index contributed by atoms with van der Waals surface area (Å²) in [5, 5.41) is 11.4. The summed E-state index contributed by atoms with van der Waals surface area (Å²) in [4.78, 5) is 52.2. The van der Waals surface area contributed by atoms with E-state index < -0.39 is 41.9 Å². The lowest BCUT2D eigenvalue weighted by atomic mass is 9.97. The first-order valence-corrected chi connectivity index (χ1v) is 14.2. The van der Waals surface area contributed by atoms with Crippen molar-refractivity contribution in [2.45, 2.75) is 58.3 Å². The van der Waals surface area contributed by atoms with E-state index in [4.69, 9.17) is 16.3 Å². The monoisotopic (exact) mass is 592 g/mol. The second-order valence-corrected chi connectivity index (χ2v) is 10.5. The molecule has 4 amide bonds. The SMILES string of the molecule is CC[C@H](C)[C@H](NC(=O)[C@H](Cc1ccccc1)NC(=O)OCc1ccccc1)C(=O)N[C@@H](C)C(=O)Nc1ccc(Cl)cc1. The summed E-state index contributed by atoms with van der Waals surface area (Å²) in [5.74, 6) is -1.75. The fraction of sp³-hybridized carbons (Fsp3) is 0.312. The summed E-state index contributed by atoms with van der Waals surface area (Å²) in [5.41, 5.74) is 2.16. The van der Waals surface area contributed by atoms with Gasteiger partial charge in [-0.3, -0.25) is 14.4 Å². The number of halogens is 1. The molecule has 3 aromatic rings. The van der Waals surface area contributed by atoms with Crippen LogP contribution in [0.4, 0.5) is 10.5 Å². The molecule has 0 unspecified atom stereocenters. The highest BCUT2D eigenvalue weighted by molar-refractivity contribution is 6.30. The maximum Gasteiger partial charge on any atom is 0.408 e. The molecular formula is C32H37ClN4O5. The van der Waals surface area contributed by atoms with Gasteiger partial charge in [-0.15, -0.1) is 0 Å². The van der Waals surface area contributed by atoms with Gasteiger partial charge in [-0.2, -0.15) is 0 Å². The average molecular weight is 593 g/mol. The Morgan fingerprint density at radius 2 is 1.33 bits per heavy atom. The van der Waals surface area contributed by atoms with Crippen LogP contribution in [0.25, 0.3) is 0 Å². The number of alkyl carbamates (subject to hydrolysis) is 1. The Bertz CT molecular complexity index is 1320. The van der Waals surface area contributed by atoms with Crippen molar-refractivity contribution in [3.8, 4) is 0 Å². The van der Waals surface area contributed by atoms with Crippen LogP contribution in [0, 0.1) is 5.92 Å². The second kappa shape index (κ2) is 16.2. The third-order valence-corrected chi connectivity index (χ3v) is 7.01. The predicted molar refractivity (Wildman–Crippen MR) is 163 cm³/mol. The summed E-state index contributed by atoms with van der Waals surface area (Å²) < 4.78 is 5.34. The molecule has 0 spiro atoms. The molecule has 10 heteroatoms. The van der Waals surface area contributed by atoms with Crippen molar-refractivity contribution in [1.82, 2.24) is 16.0 Å². The Kier molecular flexibility index (Phi) is 12.4. The first kappa shape index (κ1) is 32.1. The molecule has 0 radical (unpaired) electrons. The zero-order valence-corrected chi connectivity index (χ0v) is 24.7. The normalized spacial score (nSPS) is 13.5. The maximum atomic E-state index is 13.5. The van der Waals surface area contributed by atoms with E-state index in [1.54, 1.807) is 31.2 Å². The van der Waals surface area contributed by atoms with Crippen molar-refractivity contribution in [3.05, 3.63) is 101 Å². The molecule has 0 saturated heterocycles. The molecule has 42 heavy (non-hydrogen) atoms. The zero-order chi connectivity index (χ0) is 30.5. The van der Waals surface area contributed by atoms with Gasteiger partial charge in [0.2, 0.25) is 17.7 Å². The van der Waals surface area contributed by atoms with Gasteiger partial charge in [-0.1, -0.05) is 92.5 Å². The molecule has 0 aliphatic carbocycles. The van der Waals surface area contributed by atoms with Gasteiger partial charge in [0.1, 0.15) is 24.7 Å². The standard InChI is InChI=1S/C32H37ClN4O5/c1-4-21(2)28(31(40)34-22(3)29(38)35-26-17-15-25(33)16-18-26)37-30(39)27(19-23-11-7-5-8-12-23)36-32(41)42-20-24-13-9-6-10-14-24/h5-18,21-22,27-28H,4,19-20H2,1-3H3,(H,34,40)(H,35,38)(H,36,41)(H,37,39)/t21-,22-,27-,28-/m0/s1. The van der Waals surface area contributed by atoms with Crippen LogP contribution < -0.4 is 21.3 Å². The summed E-state index contributed by atoms with van der Waals surface area (Å²) in [6, 6.07) is 22.2. The van der Waals surface area contributed by atoms with E-state index in [0.29, 0.717) is 17.1 Å². The molecule has 0 saturated carbocycles. The first-order chi connectivity index (χ1) is 20.2. The molecule has 0 aromatic heterocycles. The number of benzene rings is 3. The predicted octanol–water partition coefficient (Wildman–Crippen LogP) is 4.85. The molecule has 4 N–H and O–H groups in total. The summed E-state index contributed by atoms with van der Waals surface area (Å²) in [7, 11) is 0. The number of carbonyl (C=O) groups is 4. The van der Waals surface area contributed by atoms with Gasteiger partial charge >= 0.3 is 6.09 Å². The Hall–Kier alpha value is -4.37.